The highest BCUT2D eigenvalue weighted by atomic mass is 35.5. The monoisotopic (exact) mass is 393 g/mol. The number of nitrogens with one attached hydrogen (secondary N) is 1. The Hall–Kier alpha value is -2.01. The molecule has 0 saturated heterocycles. The largest absolute Gasteiger partial charge is 0.497 e. The fraction of sp³-hybridized carbons (Fsp3) is 0.111. The van der Waals surface area contributed by atoms with Crippen LogP contribution in [0.5, 0.6) is 5.75 Å². The average Bonchev–Trinajstić information content (AvgIpc) is 2.62. The number of benzene rings is 2. The summed E-state index contributed by atoms with van der Waals surface area (Å²) in [4.78, 5) is 4.08. The van der Waals surface area contributed by atoms with Crippen LogP contribution >= 0.6 is 34.8 Å². The van der Waals surface area contributed by atoms with Crippen molar-refractivity contribution < 1.29 is 4.74 Å². The van der Waals surface area contributed by atoms with E-state index in [9.17, 15) is 0 Å². The fourth-order valence-electron chi connectivity index (χ4n) is 2.30. The average molecular weight is 395 g/mol. The van der Waals surface area contributed by atoms with Crippen LogP contribution in [0.2, 0.25) is 15.2 Å². The van der Waals surface area contributed by atoms with E-state index in [0.29, 0.717) is 15.9 Å². The molecule has 2 aromatic carbocycles. The molecule has 0 bridgehead atoms. The second-order valence-corrected chi connectivity index (χ2v) is 6.50. The van der Waals surface area contributed by atoms with Crippen molar-refractivity contribution in [2.75, 3.05) is 12.5 Å². The second kappa shape index (κ2) is 7.48. The second-order valence-electron chi connectivity index (χ2n) is 5.33. The first-order chi connectivity index (χ1) is 12.0. The van der Waals surface area contributed by atoms with Crippen molar-refractivity contribution in [1.29, 1.82) is 0 Å². The standard InChI is InChI=1S/C18H14Cl3N3O/c1-10(23-24-18-16(20)9-15(19)17(21)22-18)11-3-4-13-8-14(25-2)6-5-12(13)7-11/h3-9H,1-2H3,(H,22,24). The Morgan fingerprint density at radius 2 is 1.72 bits per heavy atom. The molecule has 0 amide bonds. The summed E-state index contributed by atoms with van der Waals surface area (Å²) in [6.45, 7) is 1.89. The van der Waals surface area contributed by atoms with Gasteiger partial charge in [-0.15, -0.1) is 0 Å². The number of hydrazone groups is 1. The first kappa shape index (κ1) is 17.8. The van der Waals surface area contributed by atoms with Crippen molar-refractivity contribution >= 4 is 57.1 Å². The number of hydrogen-bond acceptors (Lipinski definition) is 4. The first-order valence-corrected chi connectivity index (χ1v) is 8.51. The molecule has 128 valence electrons. The molecule has 0 aliphatic rings. The van der Waals surface area contributed by atoms with Crippen LogP contribution in [0.1, 0.15) is 12.5 Å². The third-order valence-electron chi connectivity index (χ3n) is 3.68. The van der Waals surface area contributed by atoms with Gasteiger partial charge in [-0.3, -0.25) is 5.43 Å². The van der Waals surface area contributed by atoms with Crippen molar-refractivity contribution in [3.8, 4) is 5.75 Å². The molecule has 0 aliphatic heterocycles. The van der Waals surface area contributed by atoms with Gasteiger partial charge in [-0.25, -0.2) is 4.98 Å². The number of halogens is 3. The van der Waals surface area contributed by atoms with Crippen molar-refractivity contribution in [2.45, 2.75) is 6.92 Å². The maximum Gasteiger partial charge on any atom is 0.166 e. The minimum Gasteiger partial charge on any atom is -0.497 e. The predicted molar refractivity (Wildman–Crippen MR) is 106 cm³/mol. The summed E-state index contributed by atoms with van der Waals surface area (Å²) >= 11 is 17.9. The van der Waals surface area contributed by atoms with Crippen molar-refractivity contribution in [3.05, 3.63) is 63.2 Å². The van der Waals surface area contributed by atoms with Gasteiger partial charge >= 0.3 is 0 Å². The van der Waals surface area contributed by atoms with Gasteiger partial charge in [0.1, 0.15) is 10.9 Å². The van der Waals surface area contributed by atoms with Gasteiger partial charge in [0.15, 0.2) is 5.82 Å². The first-order valence-electron chi connectivity index (χ1n) is 7.38. The number of aromatic nitrogens is 1. The summed E-state index contributed by atoms with van der Waals surface area (Å²) in [5.74, 6) is 1.17. The number of rotatable bonds is 4. The molecule has 1 heterocycles. The number of hydrogen-bond donors (Lipinski definition) is 1. The molecule has 4 nitrogen and oxygen atoms in total. The lowest BCUT2D eigenvalue weighted by molar-refractivity contribution is 0.415. The van der Waals surface area contributed by atoms with Crippen LogP contribution < -0.4 is 10.2 Å². The number of methoxy groups -OCH3 is 1. The molecule has 0 radical (unpaired) electrons. The molecule has 1 N–H and O–H groups in total. The van der Waals surface area contributed by atoms with Crippen LogP contribution in [0.4, 0.5) is 5.82 Å². The van der Waals surface area contributed by atoms with E-state index in [-0.39, 0.29) is 5.15 Å². The van der Waals surface area contributed by atoms with Crippen LogP contribution in [0.15, 0.2) is 47.6 Å². The Kier molecular flexibility index (Phi) is 5.33. The molecule has 0 spiro atoms. The van der Waals surface area contributed by atoms with E-state index >= 15 is 0 Å². The minimum atomic E-state index is 0.168. The van der Waals surface area contributed by atoms with Gasteiger partial charge in [0.2, 0.25) is 0 Å². The Bertz CT molecular complexity index is 973. The van der Waals surface area contributed by atoms with E-state index in [0.717, 1.165) is 27.8 Å². The Morgan fingerprint density at radius 1 is 1.00 bits per heavy atom. The summed E-state index contributed by atoms with van der Waals surface area (Å²) in [6, 6.07) is 13.5. The SMILES string of the molecule is COc1ccc2cc(C(C)=NNc3nc(Cl)c(Cl)cc3Cl)ccc2c1. The Labute approximate surface area is 160 Å². The molecule has 1 aromatic heterocycles. The molecule has 7 heteroatoms. The molecule has 3 aromatic rings. The van der Waals surface area contributed by atoms with Crippen LogP contribution in [0, 0.1) is 0 Å². The molecule has 0 aliphatic carbocycles. The summed E-state index contributed by atoms with van der Waals surface area (Å²) in [6.07, 6.45) is 0. The molecule has 3 rings (SSSR count). The summed E-state index contributed by atoms with van der Waals surface area (Å²) < 4.78 is 5.24. The van der Waals surface area contributed by atoms with E-state index in [4.69, 9.17) is 39.5 Å². The van der Waals surface area contributed by atoms with Gasteiger partial charge in [-0.1, -0.05) is 53.0 Å². The van der Waals surface area contributed by atoms with E-state index in [1.54, 1.807) is 7.11 Å². The summed E-state index contributed by atoms with van der Waals surface area (Å²) in [5.41, 5.74) is 4.58. The number of nitrogens with zero attached hydrogens (tertiary/aromatic N) is 2. The third-order valence-corrected chi connectivity index (χ3v) is 4.64. The number of fused-ring (bicyclic) bond motifs is 1. The lowest BCUT2D eigenvalue weighted by Gasteiger charge is -2.08. The van der Waals surface area contributed by atoms with Gasteiger partial charge in [-0.05, 0) is 47.5 Å². The molecular formula is C18H14Cl3N3O. The van der Waals surface area contributed by atoms with Gasteiger partial charge in [0.05, 0.1) is 22.9 Å². The molecule has 0 atom stereocenters. The van der Waals surface area contributed by atoms with Gasteiger partial charge in [0.25, 0.3) is 0 Å². The molecule has 0 fully saturated rings. The molecular weight excluding hydrogens is 381 g/mol. The molecule has 0 unspecified atom stereocenters. The quantitative estimate of drug-likeness (QED) is 0.333. The number of pyridine rings is 1. The lowest BCUT2D eigenvalue weighted by atomic mass is 10.0. The van der Waals surface area contributed by atoms with E-state index < -0.39 is 0 Å². The smallest absolute Gasteiger partial charge is 0.166 e. The van der Waals surface area contributed by atoms with Crippen LogP contribution in [-0.2, 0) is 0 Å². The Balaban J connectivity index is 1.87. The third kappa shape index (κ3) is 3.98. The fourth-order valence-corrected chi connectivity index (χ4v) is 2.84. The maximum atomic E-state index is 6.09. The highest BCUT2D eigenvalue weighted by molar-refractivity contribution is 6.42. The topological polar surface area (TPSA) is 46.5 Å². The van der Waals surface area contributed by atoms with Crippen LogP contribution in [0.25, 0.3) is 10.8 Å². The van der Waals surface area contributed by atoms with E-state index in [2.05, 4.69) is 21.6 Å². The number of anilines is 1. The van der Waals surface area contributed by atoms with Gasteiger partial charge in [-0.2, -0.15) is 5.10 Å². The highest BCUT2D eigenvalue weighted by Crippen LogP contribution is 2.29. The predicted octanol–water partition coefficient (Wildman–Crippen LogP) is 6.04. The van der Waals surface area contributed by atoms with Gasteiger partial charge in [0, 0.05) is 0 Å². The summed E-state index contributed by atoms with van der Waals surface area (Å²) in [7, 11) is 1.65. The summed E-state index contributed by atoms with van der Waals surface area (Å²) in [5, 5.41) is 7.33. The van der Waals surface area contributed by atoms with Crippen LogP contribution in [0.3, 0.4) is 0 Å². The highest BCUT2D eigenvalue weighted by Gasteiger charge is 2.08. The van der Waals surface area contributed by atoms with Crippen molar-refractivity contribution in [3.63, 3.8) is 0 Å². The van der Waals surface area contributed by atoms with Crippen molar-refractivity contribution in [1.82, 2.24) is 4.98 Å². The van der Waals surface area contributed by atoms with Crippen LogP contribution in [-0.4, -0.2) is 17.8 Å². The lowest BCUT2D eigenvalue weighted by Crippen LogP contribution is -2.01. The zero-order valence-corrected chi connectivity index (χ0v) is 15.7. The minimum absolute atomic E-state index is 0.168. The number of ether oxygens (including phenoxy) is 1. The zero-order chi connectivity index (χ0) is 18.0. The maximum absolute atomic E-state index is 6.09. The normalized spacial score (nSPS) is 11.6. The van der Waals surface area contributed by atoms with Crippen molar-refractivity contribution in [2.24, 2.45) is 5.10 Å². The van der Waals surface area contributed by atoms with Gasteiger partial charge < -0.3 is 4.74 Å². The molecule has 0 saturated carbocycles. The van der Waals surface area contributed by atoms with E-state index in [1.165, 1.54) is 6.07 Å². The Morgan fingerprint density at radius 3 is 2.48 bits per heavy atom. The zero-order valence-electron chi connectivity index (χ0n) is 13.5. The van der Waals surface area contributed by atoms with E-state index in [1.807, 2.05) is 37.3 Å². The molecule has 25 heavy (non-hydrogen) atoms.